The van der Waals surface area contributed by atoms with Crippen LogP contribution in [0.3, 0.4) is 0 Å². The number of carbonyl (C=O) groups excluding carboxylic acids is 1. The lowest BCUT2D eigenvalue weighted by Gasteiger charge is -2.35. The maximum atomic E-state index is 12.9. The second kappa shape index (κ2) is 8.00. The summed E-state index contributed by atoms with van der Waals surface area (Å²) in [6.07, 6.45) is 6.30. The third kappa shape index (κ3) is 3.72. The van der Waals surface area contributed by atoms with E-state index in [0.29, 0.717) is 24.3 Å². The molecule has 0 bridgehead atoms. The first-order valence-corrected chi connectivity index (χ1v) is 10.0. The number of rotatable bonds is 5. The summed E-state index contributed by atoms with van der Waals surface area (Å²) in [6, 6.07) is 12.2. The SMILES string of the molecule is CC[C@H]1CCCCN1C(=O)Cn1cccc1-c1nc(-c2ccc(C)cc2)no1. The predicted octanol–water partition coefficient (Wildman–Crippen LogP) is 4.30. The van der Waals surface area contributed by atoms with Gasteiger partial charge >= 0.3 is 0 Å². The van der Waals surface area contributed by atoms with Gasteiger partial charge in [-0.1, -0.05) is 41.9 Å². The molecule has 0 unspecified atom stereocenters. The van der Waals surface area contributed by atoms with E-state index in [1.54, 1.807) is 0 Å². The van der Waals surface area contributed by atoms with Gasteiger partial charge in [0.2, 0.25) is 11.7 Å². The van der Waals surface area contributed by atoms with Crippen molar-refractivity contribution in [1.82, 2.24) is 19.6 Å². The van der Waals surface area contributed by atoms with Crippen LogP contribution < -0.4 is 0 Å². The van der Waals surface area contributed by atoms with E-state index in [9.17, 15) is 4.79 Å². The highest BCUT2D eigenvalue weighted by Crippen LogP contribution is 2.24. The van der Waals surface area contributed by atoms with Crippen LogP contribution in [0.5, 0.6) is 0 Å². The maximum Gasteiger partial charge on any atom is 0.274 e. The summed E-state index contributed by atoms with van der Waals surface area (Å²) in [4.78, 5) is 19.5. The van der Waals surface area contributed by atoms with E-state index in [1.165, 1.54) is 12.0 Å². The van der Waals surface area contributed by atoms with Crippen molar-refractivity contribution in [3.8, 4) is 23.0 Å². The zero-order chi connectivity index (χ0) is 19.5. The number of carbonyl (C=O) groups is 1. The molecule has 1 amide bonds. The van der Waals surface area contributed by atoms with Crippen LogP contribution >= 0.6 is 0 Å². The van der Waals surface area contributed by atoms with Crippen molar-refractivity contribution in [1.29, 1.82) is 0 Å². The smallest absolute Gasteiger partial charge is 0.274 e. The fourth-order valence-corrected chi connectivity index (χ4v) is 3.88. The molecule has 1 saturated heterocycles. The van der Waals surface area contributed by atoms with Crippen molar-refractivity contribution >= 4 is 5.91 Å². The molecule has 0 radical (unpaired) electrons. The van der Waals surface area contributed by atoms with Gasteiger partial charge in [-0.3, -0.25) is 4.79 Å². The van der Waals surface area contributed by atoms with Crippen LogP contribution in [0.1, 0.15) is 38.2 Å². The first-order chi connectivity index (χ1) is 13.7. The van der Waals surface area contributed by atoms with Crippen molar-refractivity contribution in [3.05, 3.63) is 48.2 Å². The molecule has 3 heterocycles. The van der Waals surface area contributed by atoms with E-state index >= 15 is 0 Å². The van der Waals surface area contributed by atoms with Crippen LogP contribution in [0.25, 0.3) is 23.0 Å². The number of nitrogens with zero attached hydrogens (tertiary/aromatic N) is 4. The number of benzene rings is 1. The highest BCUT2D eigenvalue weighted by molar-refractivity contribution is 5.77. The topological polar surface area (TPSA) is 64.2 Å². The Hall–Kier alpha value is -2.89. The molecule has 28 heavy (non-hydrogen) atoms. The minimum absolute atomic E-state index is 0.155. The first kappa shape index (κ1) is 18.5. The molecular formula is C22H26N4O2. The van der Waals surface area contributed by atoms with Gasteiger partial charge in [0, 0.05) is 24.3 Å². The highest BCUT2D eigenvalue weighted by atomic mass is 16.5. The lowest BCUT2D eigenvalue weighted by molar-refractivity contribution is -0.135. The van der Waals surface area contributed by atoms with Gasteiger partial charge in [-0.15, -0.1) is 0 Å². The Morgan fingerprint density at radius 2 is 2.04 bits per heavy atom. The third-order valence-electron chi connectivity index (χ3n) is 5.51. The number of piperidine rings is 1. The summed E-state index contributed by atoms with van der Waals surface area (Å²) in [7, 11) is 0. The van der Waals surface area contributed by atoms with Crippen LogP contribution in [0.4, 0.5) is 0 Å². The van der Waals surface area contributed by atoms with Crippen LogP contribution in [-0.2, 0) is 11.3 Å². The summed E-state index contributed by atoms with van der Waals surface area (Å²) in [6.45, 7) is 5.34. The number of hydrogen-bond acceptors (Lipinski definition) is 4. The van der Waals surface area contributed by atoms with E-state index in [0.717, 1.165) is 37.1 Å². The number of aromatic nitrogens is 3. The Labute approximate surface area is 165 Å². The third-order valence-corrected chi connectivity index (χ3v) is 5.51. The van der Waals surface area contributed by atoms with Crippen molar-refractivity contribution in [2.75, 3.05) is 6.54 Å². The largest absolute Gasteiger partial charge is 0.338 e. The van der Waals surface area contributed by atoms with Gasteiger partial charge in [-0.05, 0) is 44.7 Å². The number of amides is 1. The number of aryl methyl sites for hydroxylation is 1. The van der Waals surface area contributed by atoms with Gasteiger partial charge < -0.3 is 14.0 Å². The average molecular weight is 378 g/mol. The van der Waals surface area contributed by atoms with Crippen molar-refractivity contribution in [2.45, 2.75) is 52.1 Å². The van der Waals surface area contributed by atoms with Gasteiger partial charge in [0.25, 0.3) is 5.89 Å². The maximum absolute atomic E-state index is 12.9. The molecule has 6 nitrogen and oxygen atoms in total. The molecule has 6 heteroatoms. The van der Waals surface area contributed by atoms with E-state index in [1.807, 2.05) is 59.0 Å². The fraction of sp³-hybridized carbons (Fsp3) is 0.409. The fourth-order valence-electron chi connectivity index (χ4n) is 3.88. The Morgan fingerprint density at radius 1 is 1.21 bits per heavy atom. The molecule has 0 N–H and O–H groups in total. The van der Waals surface area contributed by atoms with Crippen LogP contribution in [0.2, 0.25) is 0 Å². The minimum atomic E-state index is 0.155. The molecule has 1 aliphatic heterocycles. The standard InChI is InChI=1S/C22H26N4O2/c1-3-18-7-4-5-14-26(18)20(27)15-25-13-6-8-19(25)22-23-21(24-28-22)17-11-9-16(2)10-12-17/h6,8-13,18H,3-5,7,14-15H2,1-2H3/t18-/m0/s1. The lowest BCUT2D eigenvalue weighted by atomic mass is 10.00. The molecule has 1 fully saturated rings. The quantitative estimate of drug-likeness (QED) is 0.664. The van der Waals surface area contributed by atoms with Crippen molar-refractivity contribution in [2.24, 2.45) is 0 Å². The normalized spacial score (nSPS) is 17.1. The summed E-state index contributed by atoms with van der Waals surface area (Å²) in [5.74, 6) is 1.14. The second-order valence-electron chi connectivity index (χ2n) is 7.46. The summed E-state index contributed by atoms with van der Waals surface area (Å²) in [5, 5.41) is 4.11. The molecule has 1 atom stereocenters. The Kier molecular flexibility index (Phi) is 5.28. The van der Waals surface area contributed by atoms with Crippen molar-refractivity contribution in [3.63, 3.8) is 0 Å². The highest BCUT2D eigenvalue weighted by Gasteiger charge is 2.26. The van der Waals surface area contributed by atoms with E-state index in [-0.39, 0.29) is 5.91 Å². The minimum Gasteiger partial charge on any atom is -0.338 e. The first-order valence-electron chi connectivity index (χ1n) is 10.0. The van der Waals surface area contributed by atoms with Gasteiger partial charge in [0.05, 0.1) is 0 Å². The molecule has 146 valence electrons. The Bertz CT molecular complexity index is 942. The second-order valence-corrected chi connectivity index (χ2v) is 7.46. The molecule has 2 aromatic heterocycles. The van der Waals surface area contributed by atoms with Crippen molar-refractivity contribution < 1.29 is 9.32 Å². The molecule has 1 aromatic carbocycles. The number of hydrogen-bond donors (Lipinski definition) is 0. The number of likely N-dealkylation sites (tertiary alicyclic amines) is 1. The molecule has 0 spiro atoms. The van der Waals surface area contributed by atoms with E-state index in [2.05, 4.69) is 17.1 Å². The molecule has 3 aromatic rings. The van der Waals surface area contributed by atoms with E-state index < -0.39 is 0 Å². The molecule has 0 saturated carbocycles. The zero-order valence-corrected chi connectivity index (χ0v) is 16.5. The molecule has 4 rings (SSSR count). The molecule has 0 aliphatic carbocycles. The predicted molar refractivity (Wildman–Crippen MR) is 108 cm³/mol. The van der Waals surface area contributed by atoms with Crippen LogP contribution in [0.15, 0.2) is 47.1 Å². The Morgan fingerprint density at radius 3 is 2.82 bits per heavy atom. The summed E-state index contributed by atoms with van der Waals surface area (Å²) >= 11 is 0. The van der Waals surface area contributed by atoms with Crippen LogP contribution in [0, 0.1) is 6.92 Å². The average Bonchev–Trinajstić information content (AvgIpc) is 3.38. The van der Waals surface area contributed by atoms with Gasteiger partial charge in [0.1, 0.15) is 12.2 Å². The van der Waals surface area contributed by atoms with Gasteiger partial charge in [0.15, 0.2) is 0 Å². The molecular weight excluding hydrogens is 352 g/mol. The Balaban J connectivity index is 1.53. The van der Waals surface area contributed by atoms with E-state index in [4.69, 9.17) is 4.52 Å². The lowest BCUT2D eigenvalue weighted by Crippen LogP contribution is -2.44. The van der Waals surface area contributed by atoms with Gasteiger partial charge in [-0.25, -0.2) is 0 Å². The van der Waals surface area contributed by atoms with Crippen LogP contribution in [-0.4, -0.2) is 38.1 Å². The summed E-state index contributed by atoms with van der Waals surface area (Å²) in [5.41, 5.74) is 2.86. The monoisotopic (exact) mass is 378 g/mol. The summed E-state index contributed by atoms with van der Waals surface area (Å²) < 4.78 is 7.40. The molecule has 1 aliphatic rings. The zero-order valence-electron chi connectivity index (χ0n) is 16.5. The van der Waals surface area contributed by atoms with Gasteiger partial charge in [-0.2, -0.15) is 4.98 Å².